The van der Waals surface area contributed by atoms with Crippen LogP contribution >= 0.6 is 0 Å². The van der Waals surface area contributed by atoms with Crippen molar-refractivity contribution in [2.75, 3.05) is 6.67 Å². The average molecular weight is 144 g/mol. The molecule has 0 saturated heterocycles. The highest BCUT2D eigenvalue weighted by Crippen LogP contribution is 1.83. The van der Waals surface area contributed by atoms with Crippen LogP contribution in [-0.2, 0) is 4.79 Å². The number of amides is 1. The molecule has 0 rings (SSSR count). The topological polar surface area (TPSA) is 52.9 Å². The lowest BCUT2D eigenvalue weighted by Crippen LogP contribution is -2.33. The van der Waals surface area contributed by atoms with Crippen LogP contribution in [0.15, 0.2) is 0 Å². The van der Waals surface area contributed by atoms with Gasteiger partial charge in [-0.2, -0.15) is 5.26 Å². The standard InChI is InChI=1S/C6H9FN2O/c1-5(4-7)9-6(10)2-3-8/h5H,2,4H2,1H3,(H,9,10). The molecule has 0 fully saturated rings. The fourth-order valence-electron chi connectivity index (χ4n) is 0.436. The van der Waals surface area contributed by atoms with E-state index in [9.17, 15) is 9.18 Å². The van der Waals surface area contributed by atoms with Crippen molar-refractivity contribution >= 4 is 5.91 Å². The zero-order valence-electron chi connectivity index (χ0n) is 5.72. The number of halogens is 1. The first-order valence-corrected chi connectivity index (χ1v) is 2.93. The van der Waals surface area contributed by atoms with E-state index in [1.54, 1.807) is 6.07 Å². The van der Waals surface area contributed by atoms with Gasteiger partial charge in [0.05, 0.1) is 12.1 Å². The Morgan fingerprint density at radius 3 is 2.90 bits per heavy atom. The van der Waals surface area contributed by atoms with Crippen LogP contribution in [-0.4, -0.2) is 18.6 Å². The van der Waals surface area contributed by atoms with Crippen molar-refractivity contribution in [3.8, 4) is 6.07 Å². The second-order valence-electron chi connectivity index (χ2n) is 1.96. The first kappa shape index (κ1) is 8.89. The van der Waals surface area contributed by atoms with Gasteiger partial charge in [0.1, 0.15) is 13.1 Å². The number of alkyl halides is 1. The largest absolute Gasteiger partial charge is 0.350 e. The van der Waals surface area contributed by atoms with Gasteiger partial charge in [0.25, 0.3) is 0 Å². The van der Waals surface area contributed by atoms with E-state index < -0.39 is 18.6 Å². The molecular formula is C6H9FN2O. The highest BCUT2D eigenvalue weighted by molar-refractivity contribution is 5.78. The lowest BCUT2D eigenvalue weighted by Gasteiger charge is -2.06. The number of carbonyl (C=O) groups is 1. The van der Waals surface area contributed by atoms with Gasteiger partial charge in [-0.25, -0.2) is 4.39 Å². The second kappa shape index (κ2) is 4.74. The maximum absolute atomic E-state index is 11.7. The first-order valence-electron chi connectivity index (χ1n) is 2.93. The number of hydrogen-bond donors (Lipinski definition) is 1. The molecule has 1 amide bonds. The van der Waals surface area contributed by atoms with E-state index >= 15 is 0 Å². The Kier molecular flexibility index (Phi) is 4.21. The molecule has 10 heavy (non-hydrogen) atoms. The molecule has 0 spiro atoms. The van der Waals surface area contributed by atoms with E-state index in [0.717, 1.165) is 0 Å². The maximum atomic E-state index is 11.7. The molecule has 0 saturated carbocycles. The van der Waals surface area contributed by atoms with Crippen molar-refractivity contribution in [3.05, 3.63) is 0 Å². The molecule has 4 heteroatoms. The first-order chi connectivity index (χ1) is 4.70. The summed E-state index contributed by atoms with van der Waals surface area (Å²) in [6, 6.07) is 1.18. The molecule has 0 aromatic heterocycles. The van der Waals surface area contributed by atoms with Gasteiger partial charge in [-0.1, -0.05) is 0 Å². The summed E-state index contributed by atoms with van der Waals surface area (Å²) in [5.74, 6) is -0.423. The maximum Gasteiger partial charge on any atom is 0.234 e. The van der Waals surface area contributed by atoms with Crippen LogP contribution < -0.4 is 5.32 Å². The normalized spacial score (nSPS) is 11.7. The molecule has 56 valence electrons. The van der Waals surface area contributed by atoms with Gasteiger partial charge in [-0.05, 0) is 6.92 Å². The molecule has 1 atom stereocenters. The van der Waals surface area contributed by atoms with E-state index in [1.807, 2.05) is 0 Å². The molecule has 1 unspecified atom stereocenters. The predicted octanol–water partition coefficient (Wildman–Crippen LogP) is 0.374. The molecule has 0 aromatic rings. The highest BCUT2D eigenvalue weighted by atomic mass is 19.1. The van der Waals surface area contributed by atoms with Crippen molar-refractivity contribution in [3.63, 3.8) is 0 Å². The second-order valence-corrected chi connectivity index (χ2v) is 1.96. The van der Waals surface area contributed by atoms with E-state index in [4.69, 9.17) is 5.26 Å². The van der Waals surface area contributed by atoms with Crippen LogP contribution in [0.25, 0.3) is 0 Å². The lowest BCUT2D eigenvalue weighted by atomic mass is 10.3. The predicted molar refractivity (Wildman–Crippen MR) is 33.8 cm³/mol. The van der Waals surface area contributed by atoms with E-state index in [0.29, 0.717) is 0 Å². The van der Waals surface area contributed by atoms with Crippen LogP contribution in [0.2, 0.25) is 0 Å². The van der Waals surface area contributed by atoms with Gasteiger partial charge in [0.15, 0.2) is 0 Å². The SMILES string of the molecule is CC(CF)NC(=O)CC#N. The minimum Gasteiger partial charge on any atom is -0.350 e. The summed E-state index contributed by atoms with van der Waals surface area (Å²) in [4.78, 5) is 10.5. The summed E-state index contributed by atoms with van der Waals surface area (Å²) in [6.45, 7) is 0.937. The fraction of sp³-hybridized carbons (Fsp3) is 0.667. The number of nitrogens with one attached hydrogen (secondary N) is 1. The molecule has 3 nitrogen and oxygen atoms in total. The van der Waals surface area contributed by atoms with Crippen molar-refractivity contribution < 1.29 is 9.18 Å². The van der Waals surface area contributed by atoms with E-state index in [-0.39, 0.29) is 6.42 Å². The van der Waals surface area contributed by atoms with Gasteiger partial charge in [-0.15, -0.1) is 0 Å². The number of carbonyl (C=O) groups excluding carboxylic acids is 1. The highest BCUT2D eigenvalue weighted by Gasteiger charge is 2.04. The Balaban J connectivity index is 3.49. The third kappa shape index (κ3) is 3.84. The quantitative estimate of drug-likeness (QED) is 0.622. The van der Waals surface area contributed by atoms with Crippen molar-refractivity contribution in [2.24, 2.45) is 0 Å². The number of nitriles is 1. The molecule has 0 aromatic carbocycles. The van der Waals surface area contributed by atoms with Crippen molar-refractivity contribution in [1.29, 1.82) is 5.26 Å². The van der Waals surface area contributed by atoms with Gasteiger partial charge in [0, 0.05) is 0 Å². The Morgan fingerprint density at radius 2 is 2.50 bits per heavy atom. The Hall–Kier alpha value is -1.11. The van der Waals surface area contributed by atoms with Crippen LogP contribution in [0, 0.1) is 11.3 Å². The molecule has 0 aliphatic heterocycles. The molecular weight excluding hydrogens is 135 g/mol. The zero-order chi connectivity index (χ0) is 7.98. The number of rotatable bonds is 3. The summed E-state index contributed by atoms with van der Waals surface area (Å²) in [6.07, 6.45) is -0.204. The molecule has 1 N–H and O–H groups in total. The summed E-state index contributed by atoms with van der Waals surface area (Å²) in [5.41, 5.74) is 0. The smallest absolute Gasteiger partial charge is 0.234 e. The summed E-state index contributed by atoms with van der Waals surface area (Å²) in [7, 11) is 0. The average Bonchev–Trinajstić information content (AvgIpc) is 1.88. The molecule has 0 bridgehead atoms. The number of hydrogen-bond acceptors (Lipinski definition) is 2. The van der Waals surface area contributed by atoms with Crippen LogP contribution in [0.1, 0.15) is 13.3 Å². The van der Waals surface area contributed by atoms with E-state index in [2.05, 4.69) is 5.32 Å². The monoisotopic (exact) mass is 144 g/mol. The Labute approximate surface area is 58.8 Å². The number of nitrogens with zero attached hydrogens (tertiary/aromatic N) is 1. The van der Waals surface area contributed by atoms with Crippen molar-refractivity contribution in [2.45, 2.75) is 19.4 Å². The molecule has 0 aliphatic carbocycles. The Bertz CT molecular complexity index is 152. The minimum atomic E-state index is -0.600. The summed E-state index contributed by atoms with van der Waals surface area (Å²) >= 11 is 0. The van der Waals surface area contributed by atoms with Crippen LogP contribution in [0.5, 0.6) is 0 Å². The zero-order valence-corrected chi connectivity index (χ0v) is 5.72. The van der Waals surface area contributed by atoms with Gasteiger partial charge in [0.2, 0.25) is 5.91 Å². The van der Waals surface area contributed by atoms with Crippen LogP contribution in [0.3, 0.4) is 0 Å². The molecule has 0 radical (unpaired) electrons. The van der Waals surface area contributed by atoms with Gasteiger partial charge in [-0.3, -0.25) is 4.79 Å². The lowest BCUT2D eigenvalue weighted by molar-refractivity contribution is -0.120. The van der Waals surface area contributed by atoms with Gasteiger partial charge < -0.3 is 5.32 Å². The summed E-state index contributed by atoms with van der Waals surface area (Å²) < 4.78 is 11.7. The summed E-state index contributed by atoms with van der Waals surface area (Å²) in [5, 5.41) is 10.3. The molecule has 0 heterocycles. The fourth-order valence-corrected chi connectivity index (χ4v) is 0.436. The van der Waals surface area contributed by atoms with E-state index in [1.165, 1.54) is 6.92 Å². The third-order valence-corrected chi connectivity index (χ3v) is 0.878. The Morgan fingerprint density at radius 1 is 1.90 bits per heavy atom. The minimum absolute atomic E-state index is 0.204. The third-order valence-electron chi connectivity index (χ3n) is 0.878. The van der Waals surface area contributed by atoms with Gasteiger partial charge >= 0.3 is 0 Å². The van der Waals surface area contributed by atoms with Crippen molar-refractivity contribution in [1.82, 2.24) is 5.32 Å². The molecule has 0 aliphatic rings. The van der Waals surface area contributed by atoms with Crippen LogP contribution in [0.4, 0.5) is 4.39 Å².